The highest BCUT2D eigenvalue weighted by Crippen LogP contribution is 2.30. The normalized spacial score (nSPS) is 12.9. The van der Waals surface area contributed by atoms with Gasteiger partial charge < -0.3 is 9.84 Å². The number of aromatic nitrogens is 3. The molecule has 0 aromatic carbocycles. The topological polar surface area (TPSA) is 60.2 Å². The SMILES string of the molecule is COCCn1ncc(Br)c1C(O)c1cncs1. The van der Waals surface area contributed by atoms with Crippen LogP contribution in [-0.4, -0.2) is 33.6 Å². The van der Waals surface area contributed by atoms with Crippen molar-refractivity contribution < 1.29 is 9.84 Å². The number of hydrogen-bond donors (Lipinski definition) is 1. The van der Waals surface area contributed by atoms with Gasteiger partial charge >= 0.3 is 0 Å². The van der Waals surface area contributed by atoms with Crippen LogP contribution in [0.2, 0.25) is 0 Å². The van der Waals surface area contributed by atoms with Gasteiger partial charge in [-0.05, 0) is 15.9 Å². The minimum absolute atomic E-state index is 0.552. The molecule has 0 spiro atoms. The first-order chi connectivity index (χ1) is 8.24. The summed E-state index contributed by atoms with van der Waals surface area (Å²) in [4.78, 5) is 4.76. The van der Waals surface area contributed by atoms with E-state index in [1.165, 1.54) is 11.3 Å². The molecule has 2 aromatic rings. The van der Waals surface area contributed by atoms with E-state index in [0.717, 1.165) is 15.0 Å². The predicted molar refractivity (Wildman–Crippen MR) is 68.0 cm³/mol. The number of ether oxygens (including phenoxy) is 1. The Balaban J connectivity index is 2.27. The molecule has 0 aliphatic carbocycles. The summed E-state index contributed by atoms with van der Waals surface area (Å²) in [7, 11) is 1.64. The highest BCUT2D eigenvalue weighted by atomic mass is 79.9. The van der Waals surface area contributed by atoms with Gasteiger partial charge in [0.2, 0.25) is 0 Å². The Labute approximate surface area is 111 Å². The first-order valence-corrected chi connectivity index (χ1v) is 6.68. The molecule has 2 rings (SSSR count). The molecule has 7 heteroatoms. The third kappa shape index (κ3) is 2.74. The van der Waals surface area contributed by atoms with E-state index >= 15 is 0 Å². The summed E-state index contributed by atoms with van der Waals surface area (Å²) in [6, 6.07) is 0. The first-order valence-electron chi connectivity index (χ1n) is 5.00. The lowest BCUT2D eigenvalue weighted by molar-refractivity contribution is 0.172. The standard InChI is InChI=1S/C10H12BrN3O2S/c1-16-3-2-14-9(7(11)4-13-14)10(15)8-5-12-6-17-8/h4-6,10,15H,2-3H2,1H3. The van der Waals surface area contributed by atoms with Gasteiger partial charge in [-0.15, -0.1) is 11.3 Å². The van der Waals surface area contributed by atoms with Crippen LogP contribution in [0.5, 0.6) is 0 Å². The molecule has 0 fully saturated rings. The zero-order valence-corrected chi connectivity index (χ0v) is 11.6. The van der Waals surface area contributed by atoms with Crippen molar-refractivity contribution in [2.24, 2.45) is 0 Å². The average Bonchev–Trinajstić information content (AvgIpc) is 2.95. The van der Waals surface area contributed by atoms with Crippen LogP contribution in [0, 0.1) is 0 Å². The number of rotatable bonds is 5. The maximum Gasteiger partial charge on any atom is 0.132 e. The summed E-state index contributed by atoms with van der Waals surface area (Å²) in [5, 5.41) is 14.5. The van der Waals surface area contributed by atoms with Crippen LogP contribution >= 0.6 is 27.3 Å². The Kier molecular flexibility index (Phi) is 4.27. The third-order valence-corrected chi connectivity index (χ3v) is 3.76. The lowest BCUT2D eigenvalue weighted by Gasteiger charge is -2.12. The Morgan fingerprint density at radius 2 is 2.41 bits per heavy atom. The van der Waals surface area contributed by atoms with Crippen molar-refractivity contribution in [3.8, 4) is 0 Å². The number of hydrogen-bond acceptors (Lipinski definition) is 5. The molecule has 17 heavy (non-hydrogen) atoms. The van der Waals surface area contributed by atoms with Crippen LogP contribution in [0.3, 0.4) is 0 Å². The number of aliphatic hydroxyl groups excluding tert-OH is 1. The summed E-state index contributed by atoms with van der Waals surface area (Å²) >= 11 is 4.81. The van der Waals surface area contributed by atoms with Crippen molar-refractivity contribution in [1.29, 1.82) is 0 Å². The maximum absolute atomic E-state index is 10.3. The van der Waals surface area contributed by atoms with Crippen molar-refractivity contribution in [2.45, 2.75) is 12.6 Å². The van der Waals surface area contributed by atoms with Gasteiger partial charge in [0.05, 0.1) is 39.9 Å². The van der Waals surface area contributed by atoms with Gasteiger partial charge in [-0.3, -0.25) is 9.67 Å². The monoisotopic (exact) mass is 317 g/mol. The minimum Gasteiger partial charge on any atom is -0.383 e. The lowest BCUT2D eigenvalue weighted by atomic mass is 10.2. The van der Waals surface area contributed by atoms with Crippen molar-refractivity contribution in [3.05, 3.63) is 32.9 Å². The van der Waals surface area contributed by atoms with Gasteiger partial charge in [0.25, 0.3) is 0 Å². The number of thiazole rings is 1. The van der Waals surface area contributed by atoms with Crippen molar-refractivity contribution in [2.75, 3.05) is 13.7 Å². The summed E-state index contributed by atoms with van der Waals surface area (Å²) < 4.78 is 7.53. The van der Waals surface area contributed by atoms with Crippen molar-refractivity contribution in [1.82, 2.24) is 14.8 Å². The Morgan fingerprint density at radius 3 is 3.06 bits per heavy atom. The zero-order valence-electron chi connectivity index (χ0n) is 9.21. The van der Waals surface area contributed by atoms with E-state index in [2.05, 4.69) is 26.0 Å². The van der Waals surface area contributed by atoms with E-state index in [9.17, 15) is 5.11 Å². The van der Waals surface area contributed by atoms with Gasteiger partial charge in [0.1, 0.15) is 6.10 Å². The Bertz CT molecular complexity index is 472. The molecule has 1 atom stereocenters. The third-order valence-electron chi connectivity index (χ3n) is 2.32. The van der Waals surface area contributed by atoms with Crippen LogP contribution in [0.25, 0.3) is 0 Å². The molecule has 2 heterocycles. The van der Waals surface area contributed by atoms with Gasteiger partial charge in [-0.25, -0.2) is 0 Å². The smallest absolute Gasteiger partial charge is 0.132 e. The molecule has 0 saturated carbocycles. The molecular formula is C10H12BrN3O2S. The summed E-state index contributed by atoms with van der Waals surface area (Å²) in [5.41, 5.74) is 2.42. The molecule has 1 N–H and O–H groups in total. The summed E-state index contributed by atoms with van der Waals surface area (Å²) in [5.74, 6) is 0. The van der Waals surface area contributed by atoms with Gasteiger partial charge in [-0.2, -0.15) is 5.10 Å². The predicted octanol–water partition coefficient (Wildman–Crippen LogP) is 1.83. The Morgan fingerprint density at radius 1 is 1.59 bits per heavy atom. The number of nitrogens with zero attached hydrogens (tertiary/aromatic N) is 3. The number of methoxy groups -OCH3 is 1. The molecule has 1 unspecified atom stereocenters. The van der Waals surface area contributed by atoms with Crippen LogP contribution in [0.1, 0.15) is 16.7 Å². The molecule has 0 radical (unpaired) electrons. The van der Waals surface area contributed by atoms with Crippen LogP contribution in [-0.2, 0) is 11.3 Å². The maximum atomic E-state index is 10.3. The van der Waals surface area contributed by atoms with E-state index in [1.54, 1.807) is 29.7 Å². The second-order valence-electron chi connectivity index (χ2n) is 3.40. The first kappa shape index (κ1) is 12.7. The van der Waals surface area contributed by atoms with Crippen molar-refractivity contribution in [3.63, 3.8) is 0 Å². The number of aliphatic hydroxyl groups is 1. The van der Waals surface area contributed by atoms with E-state index < -0.39 is 6.10 Å². The van der Waals surface area contributed by atoms with Gasteiger partial charge in [-0.1, -0.05) is 0 Å². The number of halogens is 1. The largest absolute Gasteiger partial charge is 0.383 e. The highest BCUT2D eigenvalue weighted by molar-refractivity contribution is 9.10. The van der Waals surface area contributed by atoms with Gasteiger partial charge in [0.15, 0.2) is 0 Å². The lowest BCUT2D eigenvalue weighted by Crippen LogP contribution is -2.13. The Hall–Kier alpha value is -0.760. The molecule has 92 valence electrons. The molecule has 0 amide bonds. The highest BCUT2D eigenvalue weighted by Gasteiger charge is 2.20. The molecule has 0 saturated heterocycles. The molecule has 0 aliphatic heterocycles. The second-order valence-corrected chi connectivity index (χ2v) is 5.17. The van der Waals surface area contributed by atoms with Crippen LogP contribution in [0.15, 0.2) is 22.4 Å². The van der Waals surface area contributed by atoms with Crippen LogP contribution < -0.4 is 0 Å². The molecule has 5 nitrogen and oxygen atoms in total. The fourth-order valence-corrected chi connectivity index (χ4v) is 2.61. The molecule has 0 aliphatic rings. The van der Waals surface area contributed by atoms with E-state index in [4.69, 9.17) is 4.74 Å². The zero-order chi connectivity index (χ0) is 12.3. The van der Waals surface area contributed by atoms with Gasteiger partial charge in [0, 0.05) is 13.3 Å². The average molecular weight is 318 g/mol. The van der Waals surface area contributed by atoms with E-state index in [0.29, 0.717) is 13.2 Å². The second kappa shape index (κ2) is 5.72. The molecule has 2 aromatic heterocycles. The quantitative estimate of drug-likeness (QED) is 0.914. The minimum atomic E-state index is -0.712. The van der Waals surface area contributed by atoms with Crippen LogP contribution in [0.4, 0.5) is 0 Å². The molecular weight excluding hydrogens is 306 g/mol. The van der Waals surface area contributed by atoms with E-state index in [1.807, 2.05) is 0 Å². The molecule has 0 bridgehead atoms. The summed E-state index contributed by atoms with van der Waals surface area (Å²) in [6.07, 6.45) is 2.63. The van der Waals surface area contributed by atoms with Crippen molar-refractivity contribution >= 4 is 27.3 Å². The van der Waals surface area contributed by atoms with E-state index in [-0.39, 0.29) is 0 Å². The fraction of sp³-hybridized carbons (Fsp3) is 0.400. The fourth-order valence-electron chi connectivity index (χ4n) is 1.50. The summed E-state index contributed by atoms with van der Waals surface area (Å²) in [6.45, 7) is 1.16.